The highest BCUT2D eigenvalue weighted by molar-refractivity contribution is 6.45. The van der Waals surface area contributed by atoms with Crippen LogP contribution in [0.25, 0.3) is 5.57 Å². The average Bonchev–Trinajstić information content (AvgIpc) is 2.94. The van der Waals surface area contributed by atoms with Crippen molar-refractivity contribution in [1.82, 2.24) is 4.90 Å². The molecule has 0 atom stereocenters. The largest absolute Gasteiger partial charge is 0.378 e. The molecule has 138 valence electrons. The summed E-state index contributed by atoms with van der Waals surface area (Å²) in [5.41, 5.74) is 3.18. The molecule has 2 heterocycles. The number of benzene rings is 2. The fourth-order valence-electron chi connectivity index (χ4n) is 3.40. The number of imide groups is 1. The second-order valence-corrected chi connectivity index (χ2v) is 7.05. The monoisotopic (exact) mass is 382 g/mol. The van der Waals surface area contributed by atoms with Crippen molar-refractivity contribution >= 4 is 34.7 Å². The summed E-state index contributed by atoms with van der Waals surface area (Å²) in [5.74, 6) is -0.608. The van der Waals surface area contributed by atoms with Crippen molar-refractivity contribution < 1.29 is 14.3 Å². The van der Waals surface area contributed by atoms with Gasteiger partial charge in [-0.1, -0.05) is 41.4 Å². The molecule has 0 aliphatic carbocycles. The molecule has 27 heavy (non-hydrogen) atoms. The van der Waals surface area contributed by atoms with Gasteiger partial charge >= 0.3 is 0 Å². The minimum absolute atomic E-state index is 0.296. The number of anilines is 1. The van der Waals surface area contributed by atoms with Gasteiger partial charge in [0.15, 0.2) is 0 Å². The second kappa shape index (κ2) is 7.18. The van der Waals surface area contributed by atoms with E-state index in [4.69, 9.17) is 16.3 Å². The Balaban J connectivity index is 1.81. The summed E-state index contributed by atoms with van der Waals surface area (Å²) in [6.45, 7) is 4.18. The van der Waals surface area contributed by atoms with Gasteiger partial charge in [-0.05, 0) is 36.8 Å². The van der Waals surface area contributed by atoms with E-state index >= 15 is 0 Å². The lowest BCUT2D eigenvalue weighted by molar-refractivity contribution is -0.121. The first-order chi connectivity index (χ1) is 13.1. The van der Waals surface area contributed by atoms with Gasteiger partial charge in [0.25, 0.3) is 11.8 Å². The second-order valence-electron chi connectivity index (χ2n) is 6.61. The number of morpholine rings is 1. The fraction of sp³-hybridized carbons (Fsp3) is 0.238. The molecule has 5 nitrogen and oxygen atoms in total. The normalized spacial score (nSPS) is 17.9. The number of ether oxygens (including phenoxy) is 1. The van der Waals surface area contributed by atoms with E-state index < -0.39 is 0 Å². The average molecular weight is 383 g/mol. The Labute approximate surface area is 162 Å². The zero-order valence-electron chi connectivity index (χ0n) is 14.9. The summed E-state index contributed by atoms with van der Waals surface area (Å²) in [6.07, 6.45) is 0. The van der Waals surface area contributed by atoms with Gasteiger partial charge in [-0.3, -0.25) is 9.59 Å². The first-order valence-corrected chi connectivity index (χ1v) is 9.22. The van der Waals surface area contributed by atoms with E-state index in [0.29, 0.717) is 53.8 Å². The highest BCUT2D eigenvalue weighted by Crippen LogP contribution is 2.35. The van der Waals surface area contributed by atoms with E-state index in [1.165, 1.54) is 4.90 Å². The standard InChI is InChI=1S/C21H19ClN2O3/c1-14-2-8-17(9-3-14)24-20(25)18(15-4-6-16(22)7-5-15)19(21(24)26)23-10-12-27-13-11-23/h2-9H,10-13H2,1H3. The number of aryl methyl sites for hydroxylation is 1. The molecule has 2 amide bonds. The fourth-order valence-corrected chi connectivity index (χ4v) is 3.53. The number of carbonyl (C=O) groups is 2. The van der Waals surface area contributed by atoms with Crippen LogP contribution >= 0.6 is 11.6 Å². The van der Waals surface area contributed by atoms with Crippen LogP contribution in [0.2, 0.25) is 5.02 Å². The van der Waals surface area contributed by atoms with Crippen molar-refractivity contribution in [3.63, 3.8) is 0 Å². The molecular formula is C21H19ClN2O3. The first-order valence-electron chi connectivity index (χ1n) is 8.84. The minimum Gasteiger partial charge on any atom is -0.378 e. The van der Waals surface area contributed by atoms with Crippen molar-refractivity contribution in [2.75, 3.05) is 31.2 Å². The summed E-state index contributed by atoms with van der Waals surface area (Å²) in [5, 5.41) is 0.583. The van der Waals surface area contributed by atoms with E-state index in [2.05, 4.69) is 0 Å². The van der Waals surface area contributed by atoms with E-state index in [0.717, 1.165) is 5.56 Å². The van der Waals surface area contributed by atoms with Crippen LogP contribution < -0.4 is 4.90 Å². The lowest BCUT2D eigenvalue weighted by Gasteiger charge is -2.29. The molecule has 0 unspecified atom stereocenters. The van der Waals surface area contributed by atoms with Gasteiger partial charge in [-0.15, -0.1) is 0 Å². The van der Waals surface area contributed by atoms with Gasteiger partial charge in [0, 0.05) is 18.1 Å². The Morgan fingerprint density at radius 2 is 1.52 bits per heavy atom. The van der Waals surface area contributed by atoms with Crippen LogP contribution in [0, 0.1) is 6.92 Å². The molecule has 2 aliphatic heterocycles. The molecule has 0 N–H and O–H groups in total. The number of carbonyl (C=O) groups excluding carboxylic acids is 2. The van der Waals surface area contributed by atoms with E-state index in [-0.39, 0.29) is 11.8 Å². The Hall–Kier alpha value is -2.63. The SMILES string of the molecule is Cc1ccc(N2C(=O)C(c3ccc(Cl)cc3)=C(N3CCOCC3)C2=O)cc1. The predicted molar refractivity (Wildman–Crippen MR) is 104 cm³/mol. The number of halogens is 1. The predicted octanol–water partition coefficient (Wildman–Crippen LogP) is 3.27. The molecule has 6 heteroatoms. The lowest BCUT2D eigenvalue weighted by atomic mass is 10.0. The van der Waals surface area contributed by atoms with Crippen LogP contribution in [-0.4, -0.2) is 43.0 Å². The first kappa shape index (κ1) is 17.8. The van der Waals surface area contributed by atoms with Crippen LogP contribution in [0.1, 0.15) is 11.1 Å². The topological polar surface area (TPSA) is 49.9 Å². The molecule has 0 radical (unpaired) electrons. The number of rotatable bonds is 3. The highest BCUT2D eigenvalue weighted by Gasteiger charge is 2.42. The zero-order chi connectivity index (χ0) is 19.0. The number of hydrogen-bond donors (Lipinski definition) is 0. The molecule has 0 aromatic heterocycles. The highest BCUT2D eigenvalue weighted by atomic mass is 35.5. The van der Waals surface area contributed by atoms with Gasteiger partial charge < -0.3 is 9.64 Å². The van der Waals surface area contributed by atoms with Crippen molar-refractivity contribution in [3.8, 4) is 0 Å². The third-order valence-electron chi connectivity index (χ3n) is 4.81. The summed E-state index contributed by atoms with van der Waals surface area (Å²) in [7, 11) is 0. The molecule has 0 bridgehead atoms. The molecule has 1 saturated heterocycles. The number of amides is 2. The molecule has 1 fully saturated rings. The molecule has 2 aromatic carbocycles. The molecule has 2 aliphatic rings. The Morgan fingerprint density at radius 1 is 0.889 bits per heavy atom. The van der Waals surface area contributed by atoms with Crippen LogP contribution in [0.4, 0.5) is 5.69 Å². The van der Waals surface area contributed by atoms with Crippen LogP contribution in [0.5, 0.6) is 0 Å². The van der Waals surface area contributed by atoms with Gasteiger partial charge in [-0.25, -0.2) is 4.90 Å². The molecule has 0 saturated carbocycles. The Kier molecular flexibility index (Phi) is 4.72. The molecule has 4 rings (SSSR count). The van der Waals surface area contributed by atoms with Crippen LogP contribution in [0.3, 0.4) is 0 Å². The lowest BCUT2D eigenvalue weighted by Crippen LogP contribution is -2.40. The van der Waals surface area contributed by atoms with Crippen molar-refractivity contribution in [2.24, 2.45) is 0 Å². The van der Waals surface area contributed by atoms with Gasteiger partial charge in [0.05, 0.1) is 24.5 Å². The van der Waals surface area contributed by atoms with Gasteiger partial charge in [0.1, 0.15) is 5.70 Å². The van der Waals surface area contributed by atoms with E-state index in [1.54, 1.807) is 36.4 Å². The maximum absolute atomic E-state index is 13.3. The maximum atomic E-state index is 13.3. The van der Waals surface area contributed by atoms with Crippen LogP contribution in [0.15, 0.2) is 54.2 Å². The number of hydrogen-bond acceptors (Lipinski definition) is 4. The Morgan fingerprint density at radius 3 is 2.15 bits per heavy atom. The van der Waals surface area contributed by atoms with Gasteiger partial charge in [-0.2, -0.15) is 0 Å². The van der Waals surface area contributed by atoms with Crippen molar-refractivity contribution in [1.29, 1.82) is 0 Å². The summed E-state index contributed by atoms with van der Waals surface area (Å²) in [4.78, 5) is 29.8. The van der Waals surface area contributed by atoms with E-state index in [9.17, 15) is 9.59 Å². The Bertz CT molecular complexity index is 913. The van der Waals surface area contributed by atoms with Crippen molar-refractivity contribution in [3.05, 3.63) is 70.4 Å². The molecule has 2 aromatic rings. The summed E-state index contributed by atoms with van der Waals surface area (Å²) >= 11 is 6.00. The zero-order valence-corrected chi connectivity index (χ0v) is 15.7. The summed E-state index contributed by atoms with van der Waals surface area (Å²) in [6, 6.07) is 14.4. The third kappa shape index (κ3) is 3.24. The summed E-state index contributed by atoms with van der Waals surface area (Å²) < 4.78 is 5.41. The minimum atomic E-state index is -0.312. The smallest absolute Gasteiger partial charge is 0.282 e. The van der Waals surface area contributed by atoms with Crippen LogP contribution in [-0.2, 0) is 14.3 Å². The molecular weight excluding hydrogens is 364 g/mol. The molecule has 0 spiro atoms. The van der Waals surface area contributed by atoms with Gasteiger partial charge in [0.2, 0.25) is 0 Å². The van der Waals surface area contributed by atoms with E-state index in [1.807, 2.05) is 24.0 Å². The quantitative estimate of drug-likeness (QED) is 0.764. The van der Waals surface area contributed by atoms with Crippen molar-refractivity contribution in [2.45, 2.75) is 6.92 Å². The maximum Gasteiger partial charge on any atom is 0.282 e. The number of nitrogens with zero attached hydrogens (tertiary/aromatic N) is 2. The third-order valence-corrected chi connectivity index (χ3v) is 5.06.